The fourth-order valence-electron chi connectivity index (χ4n) is 7.97. The summed E-state index contributed by atoms with van der Waals surface area (Å²) in [4.78, 5) is 66.4. The summed E-state index contributed by atoms with van der Waals surface area (Å²) < 4.78 is 24.2. The quantitative estimate of drug-likeness (QED) is 0.0235. The molecule has 3 aromatic heterocycles. The van der Waals surface area contributed by atoms with Gasteiger partial charge in [-0.25, -0.2) is 9.36 Å². The van der Waals surface area contributed by atoms with Crippen LogP contribution in [-0.4, -0.2) is 104 Å². The second kappa shape index (κ2) is 64.5. The van der Waals surface area contributed by atoms with Gasteiger partial charge in [0.2, 0.25) is 0 Å². The summed E-state index contributed by atoms with van der Waals surface area (Å²) >= 11 is 0. The highest BCUT2D eigenvalue weighted by Gasteiger charge is 2.20. The first-order valence-corrected chi connectivity index (χ1v) is 33.1. The Bertz CT molecular complexity index is 3580. The van der Waals surface area contributed by atoms with Gasteiger partial charge in [-0.15, -0.1) is 34.9 Å². The lowest BCUT2D eigenvalue weighted by atomic mass is 10.1. The van der Waals surface area contributed by atoms with E-state index in [0.29, 0.717) is 77.3 Å². The van der Waals surface area contributed by atoms with Gasteiger partial charge < -0.3 is 34.3 Å². The molecule has 0 aliphatic rings. The van der Waals surface area contributed by atoms with Crippen molar-refractivity contribution in [2.45, 2.75) is 178 Å². The largest absolute Gasteiger partial charge is 0.481 e. The molecule has 3 heterocycles. The van der Waals surface area contributed by atoms with Crippen LogP contribution in [0.5, 0.6) is 0 Å². The van der Waals surface area contributed by atoms with Crippen LogP contribution < -0.4 is 0 Å². The van der Waals surface area contributed by atoms with Gasteiger partial charge in [-0.2, -0.15) is 15.4 Å². The molecule has 0 spiro atoms. The van der Waals surface area contributed by atoms with Gasteiger partial charge in [0.05, 0.1) is 66.0 Å². The third-order valence-electron chi connectivity index (χ3n) is 13.4. The number of aliphatic carboxylic acids is 2. The molecule has 0 fully saturated rings. The number of hydrogen-bond acceptors (Lipinski definition) is 17. The Morgan fingerprint density at radius 3 is 0.953 bits per heavy atom. The number of aromatic nitrogens is 9. The molecule has 9 aromatic rings. The third-order valence-corrected chi connectivity index (χ3v) is 13.4. The molecule has 106 heavy (non-hydrogen) atoms. The number of aromatic amines is 1. The van der Waals surface area contributed by atoms with Crippen molar-refractivity contribution in [2.24, 2.45) is 29.6 Å². The van der Waals surface area contributed by atoms with Crippen molar-refractivity contribution in [2.75, 3.05) is 7.11 Å². The molecule has 0 radical (unpaired) electrons. The van der Waals surface area contributed by atoms with Crippen molar-refractivity contribution in [3.05, 3.63) is 251 Å². The van der Waals surface area contributed by atoms with Crippen LogP contribution in [0.1, 0.15) is 170 Å². The number of ether oxygens (including phenoxy) is 4. The van der Waals surface area contributed by atoms with Crippen molar-refractivity contribution >= 4 is 35.8 Å². The molecule has 4 N–H and O–H groups in total. The Hall–Kier alpha value is -11.4. The van der Waals surface area contributed by atoms with Crippen LogP contribution in [0.25, 0.3) is 0 Å². The first kappa shape index (κ1) is 103. The predicted molar refractivity (Wildman–Crippen MR) is 422 cm³/mol. The number of carbonyl (C=O) groups is 6. The number of carboxylic acid groups (broad SMARTS) is 2. The maximum absolute atomic E-state index is 12.1. The number of benzene rings is 6. The molecule has 6 aromatic carbocycles. The number of terminal acetylenes is 2. The Labute approximate surface area is 631 Å². The highest BCUT2D eigenvalue weighted by molar-refractivity contribution is 5.73. The van der Waals surface area contributed by atoms with Crippen molar-refractivity contribution in [3.63, 3.8) is 0 Å². The summed E-state index contributed by atoms with van der Waals surface area (Å²) in [6.07, 6.45) is 17.5. The molecular formula is C84H119N9O13. The minimum absolute atomic E-state index is 0. The van der Waals surface area contributed by atoms with Gasteiger partial charge in [0.1, 0.15) is 26.4 Å². The minimum atomic E-state index is -0.831. The van der Waals surface area contributed by atoms with Crippen LogP contribution in [-0.2, 0) is 106 Å². The van der Waals surface area contributed by atoms with Crippen LogP contribution in [0, 0.1) is 54.3 Å². The molecule has 22 heteroatoms. The minimum Gasteiger partial charge on any atom is -0.481 e. The Morgan fingerprint density at radius 1 is 0.415 bits per heavy atom. The van der Waals surface area contributed by atoms with E-state index in [1.165, 1.54) is 13.1 Å². The van der Waals surface area contributed by atoms with Crippen molar-refractivity contribution < 1.29 is 63.0 Å². The summed E-state index contributed by atoms with van der Waals surface area (Å²) in [5, 5.41) is 50.0. The topological polar surface area (TPSA) is 303 Å². The van der Waals surface area contributed by atoms with Crippen LogP contribution >= 0.6 is 0 Å². The number of hydrogen-bond donors (Lipinski definition) is 4. The van der Waals surface area contributed by atoms with Gasteiger partial charge in [-0.3, -0.25) is 28.8 Å². The van der Waals surface area contributed by atoms with Crippen molar-refractivity contribution in [1.82, 2.24) is 45.4 Å². The smallest absolute Gasteiger partial charge is 0.309 e. The highest BCUT2D eigenvalue weighted by atomic mass is 16.5. The predicted octanol–water partition coefficient (Wildman–Crippen LogP) is 16.3. The molecular weight excluding hydrogens is 1340 g/mol. The monoisotopic (exact) mass is 1460 g/mol. The van der Waals surface area contributed by atoms with Crippen molar-refractivity contribution in [3.8, 4) is 24.7 Å². The van der Waals surface area contributed by atoms with Crippen molar-refractivity contribution in [1.29, 1.82) is 0 Å². The van der Waals surface area contributed by atoms with E-state index in [-0.39, 0.29) is 78.8 Å². The van der Waals surface area contributed by atoms with E-state index in [9.17, 15) is 28.8 Å². The van der Waals surface area contributed by atoms with E-state index in [2.05, 4.69) is 47.9 Å². The number of nitrogens with one attached hydrogen (secondary N) is 1. The standard InChI is InChI=1S/2C20H21N3O2.C13H14O2.C9H10O2.C6H9N3O2.C6H8O2.2C2H6.CH4O.5CH4/c2*1-16(20(24)25-15-18-10-6-3-7-11-18)12-19-14-23(22-21-19)13-17-8-4-2-5-9-17;1-3-7-11(2)13(14)15-10-12-8-5-4-6-9-12;1-8(10)11-7-9-5-3-2-4-6-9;1-4(6(10)11)2-5-3-7-9-8-5;1-3-4-5(2)6(7)8;3*1-2;;;;;/h2*2-11,14,16H,12-13,15H2,1H3;1,4-6,8-9,11H,7,10H2,2H3;2-6H,7H2,1H3;3-4H,2H2,1H3,(H,10,11)(H,7,8,9);1,5H,4H2,2H3,(H,7,8);2*1-2H3;2H,1H3;5*1H4/t2*16-;11-;;4-;5-;;;;;;;;/m000.00......../s1. The maximum atomic E-state index is 12.1. The summed E-state index contributed by atoms with van der Waals surface area (Å²) in [5.74, 6) is 0.602. The zero-order valence-corrected chi connectivity index (χ0v) is 59.9. The summed E-state index contributed by atoms with van der Waals surface area (Å²) in [7, 11) is 1.00. The van der Waals surface area contributed by atoms with Crippen LogP contribution in [0.3, 0.4) is 0 Å². The van der Waals surface area contributed by atoms with Gasteiger partial charge in [0, 0.05) is 58.5 Å². The number of carbonyl (C=O) groups excluding carboxylic acids is 4. The molecule has 0 amide bonds. The molecule has 0 unspecified atom stereocenters. The SMILES string of the molecule is C.C.C.C.C.C#CC[C@H](C)C(=O)O.C#CC[C@H](C)C(=O)OCc1ccccc1.CC.CC.CC(=O)OCc1ccccc1.CO.C[C@@H](Cc1cn(Cc2ccccc2)nn1)C(=O)OCc1ccccc1.C[C@@H](Cc1cn(Cc2ccccc2)nn1)C(=O)OCc1ccccc1.C[C@@H](Cc1cn[nH]n1)C(=O)O. The van der Waals surface area contributed by atoms with E-state index in [0.717, 1.165) is 51.9 Å². The zero-order chi connectivity index (χ0) is 75.0. The molecule has 9 rings (SSSR count). The van der Waals surface area contributed by atoms with E-state index in [1.54, 1.807) is 30.1 Å². The molecule has 0 saturated heterocycles. The van der Waals surface area contributed by atoms with Crippen LogP contribution in [0.15, 0.2) is 201 Å². The van der Waals surface area contributed by atoms with E-state index in [4.69, 9.17) is 47.1 Å². The number of aliphatic hydroxyl groups is 1. The van der Waals surface area contributed by atoms with Gasteiger partial charge in [-0.1, -0.05) is 292 Å². The molecule has 0 saturated carbocycles. The number of H-pyrrole nitrogens is 1. The summed E-state index contributed by atoms with van der Waals surface area (Å²) in [6, 6.07) is 58.7. The lowest BCUT2D eigenvalue weighted by Crippen LogP contribution is -2.17. The summed E-state index contributed by atoms with van der Waals surface area (Å²) in [6.45, 7) is 20.7. The Kier molecular flexibility index (Phi) is 62.8. The number of esters is 4. The van der Waals surface area contributed by atoms with E-state index < -0.39 is 23.8 Å². The highest BCUT2D eigenvalue weighted by Crippen LogP contribution is 2.14. The van der Waals surface area contributed by atoms with Crippen LogP contribution in [0.4, 0.5) is 0 Å². The second-order valence-corrected chi connectivity index (χ2v) is 21.9. The Balaban J connectivity index is -0.000000392. The number of rotatable bonds is 25. The number of nitrogens with zero attached hydrogens (tertiary/aromatic N) is 8. The molecule has 0 aliphatic heterocycles. The number of carboxylic acids is 2. The third kappa shape index (κ3) is 47.8. The zero-order valence-electron chi connectivity index (χ0n) is 59.9. The van der Waals surface area contributed by atoms with Gasteiger partial charge >= 0.3 is 35.8 Å². The van der Waals surface area contributed by atoms with Gasteiger partial charge in [0.15, 0.2) is 0 Å². The molecule has 5 atom stereocenters. The first-order chi connectivity index (χ1) is 48.8. The first-order valence-electron chi connectivity index (χ1n) is 33.1. The van der Waals surface area contributed by atoms with E-state index >= 15 is 0 Å². The van der Waals surface area contributed by atoms with Crippen LogP contribution in [0.2, 0.25) is 0 Å². The van der Waals surface area contributed by atoms with Gasteiger partial charge in [0.25, 0.3) is 0 Å². The maximum Gasteiger partial charge on any atom is 0.309 e. The van der Waals surface area contributed by atoms with E-state index in [1.807, 2.05) is 236 Å². The Morgan fingerprint density at radius 2 is 0.689 bits per heavy atom. The number of aliphatic hydroxyl groups excluding tert-OH is 1. The summed E-state index contributed by atoms with van der Waals surface area (Å²) in [5.41, 5.74) is 8.55. The normalized spacial score (nSPS) is 10.6. The lowest BCUT2D eigenvalue weighted by molar-refractivity contribution is -0.150. The molecule has 22 nitrogen and oxygen atoms in total. The van der Waals surface area contributed by atoms with Gasteiger partial charge in [-0.05, 0) is 33.4 Å². The molecule has 578 valence electrons. The second-order valence-electron chi connectivity index (χ2n) is 21.9. The average Bonchev–Trinajstić information content (AvgIpc) is 1.68. The molecule has 0 bridgehead atoms. The lowest BCUT2D eigenvalue weighted by Gasteiger charge is -2.10. The molecule has 0 aliphatic carbocycles. The fraction of sp³-hybridized carbons (Fsp3) is 0.381. The average molecular weight is 1460 g/mol. The fourth-order valence-corrected chi connectivity index (χ4v) is 7.97.